The minimum Gasteiger partial charge on any atom is -0.383 e. The molecule has 1 rings (SSSR count). The first kappa shape index (κ1) is 9.56. The van der Waals surface area contributed by atoms with Crippen LogP contribution in [-0.4, -0.2) is 21.9 Å². The highest BCUT2D eigenvalue weighted by molar-refractivity contribution is 5.86. The van der Waals surface area contributed by atoms with Gasteiger partial charge in [-0.15, -0.1) is 0 Å². The van der Waals surface area contributed by atoms with Crippen molar-refractivity contribution in [3.63, 3.8) is 0 Å². The summed E-state index contributed by atoms with van der Waals surface area (Å²) >= 11 is 0. The molecule has 72 valence electrons. The number of hydrogen-bond acceptors (Lipinski definition) is 3. The molecule has 0 aliphatic carbocycles. The summed E-state index contributed by atoms with van der Waals surface area (Å²) in [6.07, 6.45) is -4.95. The van der Waals surface area contributed by atoms with Gasteiger partial charge in [0, 0.05) is 6.07 Å². The summed E-state index contributed by atoms with van der Waals surface area (Å²) in [5.41, 5.74) is 5.38. The van der Waals surface area contributed by atoms with Gasteiger partial charge in [0.25, 0.3) is 0 Å². The van der Waals surface area contributed by atoms with Gasteiger partial charge in [-0.3, -0.25) is 4.79 Å². The van der Waals surface area contributed by atoms with Crippen molar-refractivity contribution >= 4 is 11.7 Å². The SMILES string of the molecule is Cc1cc(N)n(C(=O)C(F)(F)F)n1. The first-order valence-electron chi connectivity index (χ1n) is 3.26. The van der Waals surface area contributed by atoms with Gasteiger partial charge in [-0.25, -0.2) is 0 Å². The predicted molar refractivity (Wildman–Crippen MR) is 38.1 cm³/mol. The molecule has 1 aromatic rings. The summed E-state index contributed by atoms with van der Waals surface area (Å²) in [7, 11) is 0. The number of anilines is 1. The average molecular weight is 193 g/mol. The molecular formula is C6H6F3N3O. The fourth-order valence-corrected chi connectivity index (χ4v) is 0.802. The zero-order chi connectivity index (χ0) is 10.2. The average Bonchev–Trinajstić information content (AvgIpc) is 2.26. The lowest BCUT2D eigenvalue weighted by Gasteiger charge is -2.05. The highest BCUT2D eigenvalue weighted by Crippen LogP contribution is 2.19. The summed E-state index contributed by atoms with van der Waals surface area (Å²) in [6.45, 7) is 1.44. The second kappa shape index (κ2) is 2.75. The number of nitrogens with zero attached hydrogens (tertiary/aromatic N) is 2. The van der Waals surface area contributed by atoms with Crippen LogP contribution in [0.15, 0.2) is 6.07 Å². The number of hydrogen-bond donors (Lipinski definition) is 1. The highest BCUT2D eigenvalue weighted by atomic mass is 19.4. The van der Waals surface area contributed by atoms with Crippen molar-refractivity contribution in [2.75, 3.05) is 5.73 Å². The number of nitrogen functional groups attached to an aromatic ring is 1. The normalized spacial score (nSPS) is 11.7. The third-order valence-electron chi connectivity index (χ3n) is 1.29. The van der Waals surface area contributed by atoms with E-state index in [0.29, 0.717) is 0 Å². The van der Waals surface area contributed by atoms with Crippen molar-refractivity contribution in [2.45, 2.75) is 13.1 Å². The Labute approximate surface area is 71.1 Å². The Morgan fingerprint density at radius 2 is 2.15 bits per heavy atom. The highest BCUT2D eigenvalue weighted by Gasteiger charge is 2.41. The molecule has 0 aromatic carbocycles. The monoisotopic (exact) mass is 193 g/mol. The van der Waals surface area contributed by atoms with Crippen LogP contribution in [0, 0.1) is 6.92 Å². The topological polar surface area (TPSA) is 60.9 Å². The third kappa shape index (κ3) is 1.79. The first-order valence-corrected chi connectivity index (χ1v) is 3.26. The van der Waals surface area contributed by atoms with Crippen molar-refractivity contribution in [1.82, 2.24) is 9.78 Å². The number of halogens is 3. The Hall–Kier alpha value is -1.53. The van der Waals surface area contributed by atoms with Crippen LogP contribution in [0.3, 0.4) is 0 Å². The largest absolute Gasteiger partial charge is 0.473 e. The molecule has 0 aliphatic rings. The maximum atomic E-state index is 11.9. The first-order chi connectivity index (χ1) is 5.82. The molecule has 1 heterocycles. The predicted octanol–water partition coefficient (Wildman–Crippen LogP) is 0.976. The summed E-state index contributed by atoms with van der Waals surface area (Å²) in [4.78, 5) is 10.6. The molecular weight excluding hydrogens is 187 g/mol. The molecule has 0 fully saturated rings. The van der Waals surface area contributed by atoms with Gasteiger partial charge in [0.1, 0.15) is 5.82 Å². The van der Waals surface area contributed by atoms with Gasteiger partial charge < -0.3 is 5.73 Å². The molecule has 0 bridgehead atoms. The molecule has 0 saturated heterocycles. The van der Waals surface area contributed by atoms with E-state index in [2.05, 4.69) is 5.10 Å². The van der Waals surface area contributed by atoms with Crippen molar-refractivity contribution in [3.8, 4) is 0 Å². The maximum Gasteiger partial charge on any atom is 0.473 e. The lowest BCUT2D eigenvalue weighted by molar-refractivity contribution is -0.0954. The molecule has 0 spiro atoms. The van der Waals surface area contributed by atoms with Crippen LogP contribution >= 0.6 is 0 Å². The lowest BCUT2D eigenvalue weighted by Crippen LogP contribution is -2.30. The van der Waals surface area contributed by atoms with Crippen molar-refractivity contribution in [1.29, 1.82) is 0 Å². The summed E-state index contributed by atoms with van der Waals surface area (Å²) < 4.78 is 35.7. The van der Waals surface area contributed by atoms with Crippen LogP contribution in [0.2, 0.25) is 0 Å². The maximum absolute atomic E-state index is 11.9. The Bertz CT molecular complexity index is 341. The second-order valence-corrected chi connectivity index (χ2v) is 2.43. The van der Waals surface area contributed by atoms with Crippen molar-refractivity contribution < 1.29 is 18.0 Å². The second-order valence-electron chi connectivity index (χ2n) is 2.43. The van der Waals surface area contributed by atoms with Gasteiger partial charge in [0.15, 0.2) is 0 Å². The van der Waals surface area contributed by atoms with E-state index in [1.165, 1.54) is 13.0 Å². The van der Waals surface area contributed by atoms with Gasteiger partial charge in [-0.1, -0.05) is 0 Å². The number of alkyl halides is 3. The smallest absolute Gasteiger partial charge is 0.383 e. The number of aromatic nitrogens is 2. The molecule has 4 nitrogen and oxygen atoms in total. The van der Waals surface area contributed by atoms with E-state index in [9.17, 15) is 18.0 Å². The van der Waals surface area contributed by atoms with Crippen LogP contribution in [-0.2, 0) is 0 Å². The molecule has 0 radical (unpaired) electrons. The van der Waals surface area contributed by atoms with Gasteiger partial charge in [0.2, 0.25) is 0 Å². The van der Waals surface area contributed by atoms with Gasteiger partial charge in [-0.2, -0.15) is 23.0 Å². The number of aryl methyl sites for hydroxylation is 1. The third-order valence-corrected chi connectivity index (χ3v) is 1.29. The molecule has 0 amide bonds. The number of rotatable bonds is 0. The fourth-order valence-electron chi connectivity index (χ4n) is 0.802. The molecule has 0 atom stereocenters. The van der Waals surface area contributed by atoms with Gasteiger partial charge in [0.05, 0.1) is 5.69 Å². The number of nitrogens with two attached hydrogens (primary N) is 1. The summed E-state index contributed by atoms with van der Waals surface area (Å²) in [5, 5.41) is 3.30. The van der Waals surface area contributed by atoms with Crippen molar-refractivity contribution in [3.05, 3.63) is 11.8 Å². The summed E-state index contributed by atoms with van der Waals surface area (Å²) in [5.74, 6) is -2.40. The minimum absolute atomic E-state index is 0.134. The van der Waals surface area contributed by atoms with Crippen LogP contribution < -0.4 is 5.73 Å². The van der Waals surface area contributed by atoms with Gasteiger partial charge >= 0.3 is 12.1 Å². The number of carbonyl (C=O) groups excluding carboxylic acids is 1. The van der Waals surface area contributed by atoms with E-state index >= 15 is 0 Å². The molecule has 7 heteroatoms. The molecule has 0 saturated carbocycles. The molecule has 2 N–H and O–H groups in total. The Kier molecular flexibility index (Phi) is 2.02. The van der Waals surface area contributed by atoms with E-state index in [1.807, 2.05) is 0 Å². The van der Waals surface area contributed by atoms with Crippen molar-refractivity contribution in [2.24, 2.45) is 0 Å². The number of carbonyl (C=O) groups is 1. The van der Waals surface area contributed by atoms with Crippen LogP contribution in [0.5, 0.6) is 0 Å². The van der Waals surface area contributed by atoms with E-state index < -0.39 is 12.1 Å². The standard InChI is InChI=1S/C6H6F3N3O/c1-3-2-4(10)12(11-3)5(13)6(7,8)9/h2H,10H2,1H3. The van der Waals surface area contributed by atoms with E-state index in [-0.39, 0.29) is 16.2 Å². The van der Waals surface area contributed by atoms with E-state index in [4.69, 9.17) is 5.73 Å². The zero-order valence-electron chi connectivity index (χ0n) is 6.59. The minimum atomic E-state index is -4.95. The zero-order valence-corrected chi connectivity index (χ0v) is 6.59. The Morgan fingerprint density at radius 3 is 2.46 bits per heavy atom. The molecule has 13 heavy (non-hydrogen) atoms. The molecule has 0 aliphatic heterocycles. The Morgan fingerprint density at radius 1 is 1.62 bits per heavy atom. The lowest BCUT2D eigenvalue weighted by atomic mass is 10.5. The van der Waals surface area contributed by atoms with Gasteiger partial charge in [-0.05, 0) is 6.92 Å². The molecule has 0 unspecified atom stereocenters. The summed E-state index contributed by atoms with van der Waals surface area (Å²) in [6, 6.07) is 1.18. The van der Waals surface area contributed by atoms with Crippen LogP contribution in [0.4, 0.5) is 19.0 Å². The quantitative estimate of drug-likeness (QED) is 0.667. The molecule has 1 aromatic heterocycles. The fraction of sp³-hybridized carbons (Fsp3) is 0.333. The Balaban J connectivity index is 3.09. The van der Waals surface area contributed by atoms with Crippen LogP contribution in [0.25, 0.3) is 0 Å². The van der Waals surface area contributed by atoms with E-state index in [0.717, 1.165) is 0 Å². The van der Waals surface area contributed by atoms with Crippen LogP contribution in [0.1, 0.15) is 10.5 Å². The van der Waals surface area contributed by atoms with E-state index in [1.54, 1.807) is 0 Å².